The largest absolute Gasteiger partial charge is 0.484 e. The number of rotatable bonds is 4. The maximum absolute atomic E-state index is 12.4. The van der Waals surface area contributed by atoms with Crippen molar-refractivity contribution in [2.45, 2.75) is 0 Å². The predicted molar refractivity (Wildman–Crippen MR) is 101 cm³/mol. The third-order valence-electron chi connectivity index (χ3n) is 4.69. The first kappa shape index (κ1) is 17.2. The Hall–Kier alpha value is -3.22. The minimum absolute atomic E-state index is 0.0166. The van der Waals surface area contributed by atoms with E-state index in [-0.39, 0.29) is 25.0 Å². The van der Waals surface area contributed by atoms with Gasteiger partial charge in [0.2, 0.25) is 0 Å². The van der Waals surface area contributed by atoms with Gasteiger partial charge in [0.1, 0.15) is 5.75 Å². The third kappa shape index (κ3) is 3.81. The van der Waals surface area contributed by atoms with E-state index in [4.69, 9.17) is 9.47 Å². The average molecular weight is 367 g/mol. The lowest BCUT2D eigenvalue weighted by Crippen LogP contribution is -2.50. The molecule has 1 N–H and O–H groups in total. The molecule has 1 saturated heterocycles. The second-order valence-corrected chi connectivity index (χ2v) is 6.46. The highest BCUT2D eigenvalue weighted by Crippen LogP contribution is 2.38. The quantitative estimate of drug-likeness (QED) is 0.891. The number of amides is 2. The van der Waals surface area contributed by atoms with E-state index in [1.54, 1.807) is 0 Å². The average Bonchev–Trinajstić information content (AvgIpc) is 2.72. The fourth-order valence-electron chi connectivity index (χ4n) is 3.30. The van der Waals surface area contributed by atoms with E-state index < -0.39 is 0 Å². The fourth-order valence-corrected chi connectivity index (χ4v) is 3.30. The van der Waals surface area contributed by atoms with Crippen LogP contribution in [0.25, 0.3) is 0 Å². The van der Waals surface area contributed by atoms with Crippen LogP contribution >= 0.6 is 0 Å². The molecule has 2 aliphatic heterocycles. The summed E-state index contributed by atoms with van der Waals surface area (Å²) in [5.74, 6) is 1.23. The summed E-state index contributed by atoms with van der Waals surface area (Å²) in [6, 6.07) is 15.0. The zero-order valence-corrected chi connectivity index (χ0v) is 14.9. The lowest BCUT2D eigenvalue weighted by Gasteiger charge is -2.37. The van der Waals surface area contributed by atoms with E-state index >= 15 is 0 Å². The molecule has 0 saturated carbocycles. The van der Waals surface area contributed by atoms with Crippen molar-refractivity contribution in [3.05, 3.63) is 48.5 Å². The molecule has 2 aliphatic rings. The minimum Gasteiger partial charge on any atom is -0.484 e. The topological polar surface area (TPSA) is 71.1 Å². The first-order valence-corrected chi connectivity index (χ1v) is 8.97. The molecule has 27 heavy (non-hydrogen) atoms. The Morgan fingerprint density at radius 1 is 1.04 bits per heavy atom. The Morgan fingerprint density at radius 3 is 2.59 bits per heavy atom. The van der Waals surface area contributed by atoms with Crippen LogP contribution in [0.2, 0.25) is 0 Å². The molecular formula is C20H21N3O4. The van der Waals surface area contributed by atoms with Crippen LogP contribution in [-0.2, 0) is 9.59 Å². The van der Waals surface area contributed by atoms with Crippen molar-refractivity contribution in [3.8, 4) is 11.5 Å². The van der Waals surface area contributed by atoms with E-state index in [1.807, 2.05) is 53.4 Å². The summed E-state index contributed by atoms with van der Waals surface area (Å²) in [6.45, 7) is 2.70. The second kappa shape index (κ2) is 7.57. The van der Waals surface area contributed by atoms with E-state index in [9.17, 15) is 9.59 Å². The SMILES string of the molecule is O=C1COc2c(cccc2N2CCN(C(=O)COc3ccccc3)CC2)N1. The number of nitrogens with zero attached hydrogens (tertiary/aromatic N) is 2. The highest BCUT2D eigenvalue weighted by Gasteiger charge is 2.26. The summed E-state index contributed by atoms with van der Waals surface area (Å²) in [4.78, 5) is 27.9. The van der Waals surface area contributed by atoms with Crippen LogP contribution in [0.5, 0.6) is 11.5 Å². The predicted octanol–water partition coefficient (Wildman–Crippen LogP) is 1.75. The Kier molecular flexibility index (Phi) is 4.82. The van der Waals surface area contributed by atoms with Gasteiger partial charge in [-0.25, -0.2) is 0 Å². The maximum Gasteiger partial charge on any atom is 0.262 e. The first-order chi connectivity index (χ1) is 13.2. The monoisotopic (exact) mass is 367 g/mol. The van der Waals surface area contributed by atoms with Gasteiger partial charge in [0.15, 0.2) is 19.0 Å². The molecule has 0 unspecified atom stereocenters. The van der Waals surface area contributed by atoms with E-state index in [0.29, 0.717) is 43.4 Å². The van der Waals surface area contributed by atoms with Gasteiger partial charge in [-0.2, -0.15) is 0 Å². The summed E-state index contributed by atoms with van der Waals surface area (Å²) in [6.07, 6.45) is 0. The van der Waals surface area contributed by atoms with Crippen molar-refractivity contribution in [1.82, 2.24) is 4.90 Å². The Morgan fingerprint density at radius 2 is 1.81 bits per heavy atom. The van der Waals surface area contributed by atoms with Gasteiger partial charge in [-0.1, -0.05) is 24.3 Å². The van der Waals surface area contributed by atoms with Gasteiger partial charge < -0.3 is 24.6 Å². The summed E-state index contributed by atoms with van der Waals surface area (Å²) >= 11 is 0. The molecule has 0 spiro atoms. The Balaban J connectivity index is 1.35. The van der Waals surface area contributed by atoms with Crippen molar-refractivity contribution in [2.24, 2.45) is 0 Å². The maximum atomic E-state index is 12.4. The number of piperazine rings is 1. The van der Waals surface area contributed by atoms with Crippen LogP contribution in [0.1, 0.15) is 0 Å². The highest BCUT2D eigenvalue weighted by atomic mass is 16.5. The molecular weight excluding hydrogens is 346 g/mol. The second-order valence-electron chi connectivity index (χ2n) is 6.46. The highest BCUT2D eigenvalue weighted by molar-refractivity contribution is 5.97. The molecule has 1 fully saturated rings. The third-order valence-corrected chi connectivity index (χ3v) is 4.69. The molecule has 2 aromatic rings. The number of nitrogens with one attached hydrogen (secondary N) is 1. The van der Waals surface area contributed by atoms with Gasteiger partial charge >= 0.3 is 0 Å². The van der Waals surface area contributed by atoms with Crippen LogP contribution < -0.4 is 19.7 Å². The van der Waals surface area contributed by atoms with Crippen molar-refractivity contribution in [1.29, 1.82) is 0 Å². The first-order valence-electron chi connectivity index (χ1n) is 8.97. The summed E-state index contributed by atoms with van der Waals surface area (Å²) in [7, 11) is 0. The Bertz CT molecular complexity index is 832. The summed E-state index contributed by atoms with van der Waals surface area (Å²) in [5, 5.41) is 2.83. The lowest BCUT2D eigenvalue weighted by molar-refractivity contribution is -0.133. The van der Waals surface area contributed by atoms with Crippen molar-refractivity contribution < 1.29 is 19.1 Å². The van der Waals surface area contributed by atoms with Gasteiger partial charge in [0.25, 0.3) is 11.8 Å². The molecule has 140 valence electrons. The molecule has 4 rings (SSSR count). The van der Waals surface area contributed by atoms with E-state index in [2.05, 4.69) is 10.2 Å². The number of carbonyl (C=O) groups is 2. The molecule has 2 heterocycles. The molecule has 2 aromatic carbocycles. The number of anilines is 2. The fraction of sp³-hybridized carbons (Fsp3) is 0.300. The van der Waals surface area contributed by atoms with E-state index in [0.717, 1.165) is 5.69 Å². The van der Waals surface area contributed by atoms with Gasteiger partial charge in [-0.05, 0) is 24.3 Å². The van der Waals surface area contributed by atoms with Crippen LogP contribution in [-0.4, -0.2) is 56.1 Å². The van der Waals surface area contributed by atoms with Gasteiger partial charge in [-0.3, -0.25) is 9.59 Å². The van der Waals surface area contributed by atoms with Gasteiger partial charge in [0.05, 0.1) is 11.4 Å². The lowest BCUT2D eigenvalue weighted by atomic mass is 10.2. The number of hydrogen-bond donors (Lipinski definition) is 1. The Labute approximate surface area is 157 Å². The molecule has 7 nitrogen and oxygen atoms in total. The zero-order chi connectivity index (χ0) is 18.6. The van der Waals surface area contributed by atoms with Crippen molar-refractivity contribution >= 4 is 23.2 Å². The van der Waals surface area contributed by atoms with Gasteiger partial charge in [-0.15, -0.1) is 0 Å². The molecule has 2 amide bonds. The van der Waals surface area contributed by atoms with E-state index in [1.165, 1.54) is 0 Å². The molecule has 0 aliphatic carbocycles. The summed E-state index contributed by atoms with van der Waals surface area (Å²) < 4.78 is 11.2. The van der Waals surface area contributed by atoms with Crippen LogP contribution in [0, 0.1) is 0 Å². The molecule has 0 radical (unpaired) electrons. The number of para-hydroxylation sites is 2. The minimum atomic E-state index is -0.145. The normalized spacial score (nSPS) is 16.2. The molecule has 7 heteroatoms. The zero-order valence-electron chi connectivity index (χ0n) is 14.9. The van der Waals surface area contributed by atoms with Crippen molar-refractivity contribution in [3.63, 3.8) is 0 Å². The standard InChI is InChI=1S/C20H21N3O4/c24-18-13-27-20-16(21-18)7-4-8-17(20)22-9-11-23(12-10-22)19(25)14-26-15-5-2-1-3-6-15/h1-8H,9-14H2,(H,21,24). The number of benzene rings is 2. The number of hydrogen-bond acceptors (Lipinski definition) is 5. The molecule has 0 atom stereocenters. The molecule has 0 bridgehead atoms. The van der Waals surface area contributed by atoms with Gasteiger partial charge in [0, 0.05) is 26.2 Å². The van der Waals surface area contributed by atoms with Crippen LogP contribution in [0.15, 0.2) is 48.5 Å². The molecule has 0 aromatic heterocycles. The number of ether oxygens (including phenoxy) is 2. The van der Waals surface area contributed by atoms with Crippen molar-refractivity contribution in [2.75, 3.05) is 49.6 Å². The number of fused-ring (bicyclic) bond motifs is 1. The van der Waals surface area contributed by atoms with Crippen LogP contribution in [0.3, 0.4) is 0 Å². The smallest absolute Gasteiger partial charge is 0.262 e. The summed E-state index contributed by atoms with van der Waals surface area (Å²) in [5.41, 5.74) is 1.64. The number of carbonyl (C=O) groups excluding carboxylic acids is 2. The van der Waals surface area contributed by atoms with Crippen LogP contribution in [0.4, 0.5) is 11.4 Å².